The monoisotopic (exact) mass is 194 g/mol. The third-order valence-corrected chi connectivity index (χ3v) is 2.97. The van der Waals surface area contributed by atoms with Crippen molar-refractivity contribution in [2.75, 3.05) is 11.1 Å². The molecule has 1 aliphatic rings. The molecule has 0 bridgehead atoms. The van der Waals surface area contributed by atoms with E-state index >= 15 is 0 Å². The van der Waals surface area contributed by atoms with Gasteiger partial charge in [-0.3, -0.25) is 4.79 Å². The number of amides is 1. The molecular weight excluding hydrogens is 184 g/mol. The van der Waals surface area contributed by atoms with Crippen molar-refractivity contribution < 1.29 is 4.79 Å². The highest BCUT2D eigenvalue weighted by Crippen LogP contribution is 2.31. The van der Waals surface area contributed by atoms with Gasteiger partial charge in [0, 0.05) is 11.4 Å². The lowest BCUT2D eigenvalue weighted by atomic mass is 10.2. The summed E-state index contributed by atoms with van der Waals surface area (Å²) in [7, 11) is 0. The van der Waals surface area contributed by atoms with Crippen LogP contribution in [0.15, 0.2) is 23.1 Å². The molecule has 0 saturated heterocycles. The second kappa shape index (κ2) is 3.40. The van der Waals surface area contributed by atoms with Crippen LogP contribution in [-0.4, -0.2) is 11.7 Å². The van der Waals surface area contributed by atoms with E-state index in [4.69, 9.17) is 5.73 Å². The van der Waals surface area contributed by atoms with E-state index in [9.17, 15) is 4.79 Å². The summed E-state index contributed by atoms with van der Waals surface area (Å²) >= 11 is 1.56. The first-order valence-corrected chi connectivity index (χ1v) is 5.04. The molecule has 3 N–H and O–H groups in total. The molecule has 0 aliphatic carbocycles. The number of nitrogens with two attached hydrogens (primary N) is 1. The van der Waals surface area contributed by atoms with Gasteiger partial charge >= 0.3 is 0 Å². The summed E-state index contributed by atoms with van der Waals surface area (Å²) in [6.45, 7) is 0.543. The highest BCUT2D eigenvalue weighted by Gasteiger charge is 2.14. The van der Waals surface area contributed by atoms with Gasteiger partial charge in [-0.25, -0.2) is 0 Å². The fourth-order valence-corrected chi connectivity index (χ4v) is 2.11. The zero-order valence-corrected chi connectivity index (χ0v) is 7.86. The maximum absolute atomic E-state index is 11.0. The van der Waals surface area contributed by atoms with Crippen LogP contribution in [0.1, 0.15) is 5.56 Å². The van der Waals surface area contributed by atoms with E-state index in [0.717, 1.165) is 16.1 Å². The average Bonchev–Trinajstić information content (AvgIpc) is 2.17. The van der Waals surface area contributed by atoms with E-state index < -0.39 is 0 Å². The number of rotatable bonds is 1. The van der Waals surface area contributed by atoms with E-state index in [1.165, 1.54) is 0 Å². The number of fused-ring (bicyclic) bond motifs is 1. The first kappa shape index (κ1) is 8.59. The second-order valence-corrected chi connectivity index (χ2v) is 3.89. The van der Waals surface area contributed by atoms with Crippen LogP contribution in [0.4, 0.5) is 5.69 Å². The van der Waals surface area contributed by atoms with Gasteiger partial charge in [0.2, 0.25) is 5.91 Å². The molecule has 3 nitrogen and oxygen atoms in total. The van der Waals surface area contributed by atoms with Gasteiger partial charge in [0.05, 0.1) is 11.4 Å². The molecule has 0 saturated carbocycles. The highest BCUT2D eigenvalue weighted by atomic mass is 32.2. The third-order valence-electron chi connectivity index (χ3n) is 1.91. The smallest absolute Gasteiger partial charge is 0.234 e. The van der Waals surface area contributed by atoms with Gasteiger partial charge in [-0.15, -0.1) is 11.8 Å². The Morgan fingerprint density at radius 1 is 1.54 bits per heavy atom. The summed E-state index contributed by atoms with van der Waals surface area (Å²) in [4.78, 5) is 12.1. The summed E-state index contributed by atoms with van der Waals surface area (Å²) in [5, 5.41) is 2.81. The van der Waals surface area contributed by atoms with E-state index in [2.05, 4.69) is 5.32 Å². The molecule has 0 fully saturated rings. The quantitative estimate of drug-likeness (QED) is 0.706. The Morgan fingerprint density at radius 2 is 2.38 bits per heavy atom. The minimum Gasteiger partial charge on any atom is -0.326 e. The van der Waals surface area contributed by atoms with E-state index in [1.807, 2.05) is 18.2 Å². The Hall–Kier alpha value is -1.00. The Morgan fingerprint density at radius 3 is 3.15 bits per heavy atom. The van der Waals surface area contributed by atoms with Crippen molar-refractivity contribution in [2.45, 2.75) is 11.4 Å². The van der Waals surface area contributed by atoms with Crippen LogP contribution in [0.2, 0.25) is 0 Å². The van der Waals surface area contributed by atoms with Crippen LogP contribution in [0.25, 0.3) is 0 Å². The standard InChI is InChI=1S/C9H10N2OS/c10-4-6-1-2-7-8(3-6)13-5-9(12)11-7/h1-3H,4-5,10H2,(H,11,12). The van der Waals surface area contributed by atoms with Crippen molar-refractivity contribution in [1.82, 2.24) is 0 Å². The molecule has 1 amide bonds. The fraction of sp³-hybridized carbons (Fsp3) is 0.222. The van der Waals surface area contributed by atoms with Gasteiger partial charge < -0.3 is 11.1 Å². The van der Waals surface area contributed by atoms with Gasteiger partial charge in [-0.1, -0.05) is 6.07 Å². The lowest BCUT2D eigenvalue weighted by Gasteiger charge is -2.16. The van der Waals surface area contributed by atoms with Crippen LogP contribution in [0.5, 0.6) is 0 Å². The van der Waals surface area contributed by atoms with Crippen molar-refractivity contribution in [3.8, 4) is 0 Å². The number of carbonyl (C=O) groups excluding carboxylic acids is 1. The van der Waals surface area contributed by atoms with Crippen LogP contribution >= 0.6 is 11.8 Å². The topological polar surface area (TPSA) is 55.1 Å². The molecule has 1 heterocycles. The molecule has 1 aromatic rings. The predicted octanol–water partition coefficient (Wildman–Crippen LogP) is 1.19. The number of carbonyl (C=O) groups is 1. The minimum atomic E-state index is 0.0676. The number of hydrogen-bond acceptors (Lipinski definition) is 3. The predicted molar refractivity (Wildman–Crippen MR) is 53.7 cm³/mol. The average molecular weight is 194 g/mol. The van der Waals surface area contributed by atoms with Gasteiger partial charge in [0.15, 0.2) is 0 Å². The first-order valence-electron chi connectivity index (χ1n) is 4.05. The number of hydrogen-bond donors (Lipinski definition) is 2. The largest absolute Gasteiger partial charge is 0.326 e. The molecule has 68 valence electrons. The normalized spacial score (nSPS) is 15.0. The van der Waals surface area contributed by atoms with Gasteiger partial charge in [-0.2, -0.15) is 0 Å². The molecule has 2 rings (SSSR count). The molecule has 0 spiro atoms. The first-order chi connectivity index (χ1) is 6.29. The summed E-state index contributed by atoms with van der Waals surface area (Å²) in [6.07, 6.45) is 0. The van der Waals surface area contributed by atoms with Gasteiger partial charge in [0.25, 0.3) is 0 Å². The second-order valence-electron chi connectivity index (χ2n) is 2.87. The molecule has 13 heavy (non-hydrogen) atoms. The number of thioether (sulfide) groups is 1. The Bertz CT molecular complexity index is 351. The van der Waals surface area contributed by atoms with E-state index in [1.54, 1.807) is 11.8 Å². The molecule has 0 atom stereocenters. The molecular formula is C9H10N2OS. The third kappa shape index (κ3) is 1.68. The molecule has 4 heteroatoms. The maximum atomic E-state index is 11.0. The molecule has 1 aliphatic heterocycles. The maximum Gasteiger partial charge on any atom is 0.234 e. The zero-order chi connectivity index (χ0) is 9.26. The Kier molecular flexibility index (Phi) is 2.24. The van der Waals surface area contributed by atoms with Crippen LogP contribution in [0, 0.1) is 0 Å². The summed E-state index contributed by atoms with van der Waals surface area (Å²) in [5.74, 6) is 0.569. The van der Waals surface area contributed by atoms with Crippen LogP contribution < -0.4 is 11.1 Å². The summed E-state index contributed by atoms with van der Waals surface area (Å²) in [6, 6.07) is 5.87. The molecule has 1 aromatic carbocycles. The van der Waals surface area contributed by atoms with Gasteiger partial charge in [0.1, 0.15) is 0 Å². The Labute approximate surface area is 80.7 Å². The molecule has 0 unspecified atom stereocenters. The molecule has 0 radical (unpaired) electrons. The number of nitrogens with one attached hydrogen (secondary N) is 1. The van der Waals surface area contributed by atoms with E-state index in [0.29, 0.717) is 12.3 Å². The minimum absolute atomic E-state index is 0.0676. The summed E-state index contributed by atoms with van der Waals surface area (Å²) in [5.41, 5.74) is 7.51. The van der Waals surface area contributed by atoms with Crippen molar-refractivity contribution in [2.24, 2.45) is 5.73 Å². The SMILES string of the molecule is NCc1ccc2c(c1)SCC(=O)N2. The van der Waals surface area contributed by atoms with Crippen molar-refractivity contribution in [3.63, 3.8) is 0 Å². The number of anilines is 1. The van der Waals surface area contributed by atoms with E-state index in [-0.39, 0.29) is 5.91 Å². The zero-order valence-electron chi connectivity index (χ0n) is 7.04. The number of benzene rings is 1. The lowest BCUT2D eigenvalue weighted by Crippen LogP contribution is -2.18. The molecule has 0 aromatic heterocycles. The highest BCUT2D eigenvalue weighted by molar-refractivity contribution is 8.00. The fourth-order valence-electron chi connectivity index (χ4n) is 1.25. The van der Waals surface area contributed by atoms with Crippen LogP contribution in [-0.2, 0) is 11.3 Å². The van der Waals surface area contributed by atoms with Crippen LogP contribution in [0.3, 0.4) is 0 Å². The lowest BCUT2D eigenvalue weighted by molar-refractivity contribution is -0.113. The van der Waals surface area contributed by atoms with Gasteiger partial charge in [-0.05, 0) is 17.7 Å². The van der Waals surface area contributed by atoms with Crippen molar-refractivity contribution >= 4 is 23.4 Å². The van der Waals surface area contributed by atoms with Crippen molar-refractivity contribution in [1.29, 1.82) is 0 Å². The summed E-state index contributed by atoms with van der Waals surface area (Å²) < 4.78 is 0. The van der Waals surface area contributed by atoms with Crippen molar-refractivity contribution in [3.05, 3.63) is 23.8 Å². The Balaban J connectivity index is 2.36.